The van der Waals surface area contributed by atoms with Gasteiger partial charge in [0.2, 0.25) is 10.0 Å². The Morgan fingerprint density at radius 2 is 2.21 bits per heavy atom. The normalized spacial score (nSPS) is 10.6. The molecule has 1 aromatic rings. The number of rotatable bonds is 2. The van der Waals surface area contributed by atoms with Gasteiger partial charge >= 0.3 is 0 Å². The molecule has 0 fully saturated rings. The summed E-state index contributed by atoms with van der Waals surface area (Å²) >= 11 is 0. The number of anilines is 1. The van der Waals surface area contributed by atoms with Gasteiger partial charge in [-0.15, -0.1) is 0 Å². The van der Waals surface area contributed by atoms with Crippen LogP contribution >= 0.6 is 0 Å². The first-order valence-corrected chi connectivity index (χ1v) is 5.45. The number of aromatic nitrogens is 2. The summed E-state index contributed by atoms with van der Waals surface area (Å²) in [5.41, 5.74) is 0.125. The molecule has 0 atom stereocenters. The van der Waals surface area contributed by atoms with Crippen molar-refractivity contribution in [1.29, 1.82) is 5.26 Å². The molecule has 14 heavy (non-hydrogen) atoms. The molecule has 0 aliphatic carbocycles. The predicted octanol–water partition coefficient (Wildman–Crippen LogP) is -0.256. The standard InChI is InChI=1S/C7H8N4O2S/c1-11(14(2,12)13)7-6(3-8)4-9-5-10-7/h4-5H,1-2H3. The SMILES string of the molecule is CN(c1ncncc1C#N)S(C)(=O)=O. The Morgan fingerprint density at radius 3 is 2.71 bits per heavy atom. The molecule has 0 aromatic carbocycles. The third-order valence-electron chi connectivity index (χ3n) is 1.61. The zero-order valence-electron chi connectivity index (χ0n) is 7.67. The summed E-state index contributed by atoms with van der Waals surface area (Å²) in [6.45, 7) is 0. The lowest BCUT2D eigenvalue weighted by atomic mass is 10.3. The molecule has 0 aliphatic rings. The summed E-state index contributed by atoms with van der Waals surface area (Å²) in [4.78, 5) is 7.35. The number of hydrogen-bond donors (Lipinski definition) is 0. The van der Waals surface area contributed by atoms with Crippen LogP contribution in [-0.2, 0) is 10.0 Å². The highest BCUT2D eigenvalue weighted by Crippen LogP contribution is 2.15. The van der Waals surface area contributed by atoms with Gasteiger partial charge < -0.3 is 0 Å². The number of nitrogens with zero attached hydrogens (tertiary/aromatic N) is 4. The quantitative estimate of drug-likeness (QED) is 0.674. The minimum absolute atomic E-state index is 0.0880. The van der Waals surface area contributed by atoms with E-state index in [1.54, 1.807) is 0 Å². The van der Waals surface area contributed by atoms with Crippen molar-refractivity contribution in [3.05, 3.63) is 18.1 Å². The number of sulfonamides is 1. The molecule has 0 N–H and O–H groups in total. The summed E-state index contributed by atoms with van der Waals surface area (Å²) in [7, 11) is -2.06. The van der Waals surface area contributed by atoms with Crippen molar-refractivity contribution >= 4 is 15.8 Å². The molecule has 74 valence electrons. The molecule has 7 heteroatoms. The van der Waals surface area contributed by atoms with Gasteiger partial charge in [-0.2, -0.15) is 5.26 Å². The van der Waals surface area contributed by atoms with Crippen molar-refractivity contribution in [3.63, 3.8) is 0 Å². The molecule has 0 saturated heterocycles. The van der Waals surface area contributed by atoms with Crippen molar-refractivity contribution in [2.24, 2.45) is 0 Å². The average Bonchev–Trinajstić information content (AvgIpc) is 2.15. The van der Waals surface area contributed by atoms with E-state index in [-0.39, 0.29) is 11.4 Å². The van der Waals surface area contributed by atoms with E-state index in [0.29, 0.717) is 0 Å². The largest absolute Gasteiger partial charge is 0.256 e. The molecule has 0 saturated carbocycles. The highest BCUT2D eigenvalue weighted by molar-refractivity contribution is 7.92. The Hall–Kier alpha value is -1.68. The zero-order valence-corrected chi connectivity index (χ0v) is 8.48. The van der Waals surface area contributed by atoms with Gasteiger partial charge in [0, 0.05) is 7.05 Å². The van der Waals surface area contributed by atoms with Crippen LogP contribution in [0.15, 0.2) is 12.5 Å². The predicted molar refractivity (Wildman–Crippen MR) is 50.0 cm³/mol. The van der Waals surface area contributed by atoms with E-state index in [9.17, 15) is 8.42 Å². The molecule has 0 unspecified atom stereocenters. The fourth-order valence-electron chi connectivity index (χ4n) is 0.810. The van der Waals surface area contributed by atoms with Crippen molar-refractivity contribution in [1.82, 2.24) is 9.97 Å². The fraction of sp³-hybridized carbons (Fsp3) is 0.286. The van der Waals surface area contributed by atoms with Crippen LogP contribution in [-0.4, -0.2) is 31.7 Å². The Bertz CT molecular complexity index is 477. The van der Waals surface area contributed by atoms with Crippen molar-refractivity contribution in [2.75, 3.05) is 17.6 Å². The monoisotopic (exact) mass is 212 g/mol. The molecule has 0 bridgehead atoms. The van der Waals surface area contributed by atoms with Crippen molar-refractivity contribution in [2.45, 2.75) is 0 Å². The van der Waals surface area contributed by atoms with Gasteiger partial charge in [-0.05, 0) is 0 Å². The molecule has 0 radical (unpaired) electrons. The lowest BCUT2D eigenvalue weighted by Gasteiger charge is -2.15. The summed E-state index contributed by atoms with van der Waals surface area (Å²) in [5, 5.41) is 8.68. The van der Waals surface area contributed by atoms with Gasteiger partial charge in [0.15, 0.2) is 5.82 Å². The Morgan fingerprint density at radius 1 is 1.57 bits per heavy atom. The lowest BCUT2D eigenvalue weighted by molar-refractivity contribution is 0.599. The van der Waals surface area contributed by atoms with Crippen LogP contribution in [0.1, 0.15) is 5.56 Å². The average molecular weight is 212 g/mol. The molecule has 0 spiro atoms. The van der Waals surface area contributed by atoms with Crippen LogP contribution in [0.4, 0.5) is 5.82 Å². The van der Waals surface area contributed by atoms with Gasteiger partial charge in [0.25, 0.3) is 0 Å². The van der Waals surface area contributed by atoms with Gasteiger partial charge in [-0.1, -0.05) is 0 Å². The van der Waals surface area contributed by atoms with Crippen molar-refractivity contribution in [3.8, 4) is 6.07 Å². The van der Waals surface area contributed by atoms with Crippen LogP contribution in [0, 0.1) is 11.3 Å². The number of hydrogen-bond acceptors (Lipinski definition) is 5. The van der Waals surface area contributed by atoms with Crippen LogP contribution in [0.5, 0.6) is 0 Å². The first-order valence-electron chi connectivity index (χ1n) is 3.61. The molecule has 6 nitrogen and oxygen atoms in total. The minimum atomic E-state index is -3.40. The second-order valence-electron chi connectivity index (χ2n) is 2.60. The van der Waals surface area contributed by atoms with E-state index in [1.807, 2.05) is 6.07 Å². The molecule has 0 aliphatic heterocycles. The van der Waals surface area contributed by atoms with Crippen LogP contribution in [0.25, 0.3) is 0 Å². The van der Waals surface area contributed by atoms with Gasteiger partial charge in [0.05, 0.1) is 12.5 Å². The maximum atomic E-state index is 11.2. The van der Waals surface area contributed by atoms with E-state index in [2.05, 4.69) is 9.97 Å². The minimum Gasteiger partial charge on any atom is -0.256 e. The Balaban J connectivity index is 3.28. The van der Waals surface area contributed by atoms with Crippen LogP contribution in [0.2, 0.25) is 0 Å². The Labute approximate surface area is 81.9 Å². The van der Waals surface area contributed by atoms with E-state index in [1.165, 1.54) is 19.6 Å². The highest BCUT2D eigenvalue weighted by atomic mass is 32.2. The zero-order chi connectivity index (χ0) is 10.8. The summed E-state index contributed by atoms with van der Waals surface area (Å²) in [6, 6.07) is 1.82. The molecule has 1 heterocycles. The summed E-state index contributed by atoms with van der Waals surface area (Å²) < 4.78 is 23.2. The maximum Gasteiger partial charge on any atom is 0.233 e. The summed E-state index contributed by atoms with van der Waals surface area (Å²) in [6.07, 6.45) is 3.50. The number of nitriles is 1. The van der Waals surface area contributed by atoms with E-state index < -0.39 is 10.0 Å². The smallest absolute Gasteiger partial charge is 0.233 e. The van der Waals surface area contributed by atoms with E-state index in [4.69, 9.17) is 5.26 Å². The molecule has 0 amide bonds. The molecule has 1 aromatic heterocycles. The third kappa shape index (κ3) is 1.97. The van der Waals surface area contributed by atoms with Gasteiger partial charge in [0.1, 0.15) is 18.0 Å². The van der Waals surface area contributed by atoms with Crippen LogP contribution < -0.4 is 4.31 Å². The van der Waals surface area contributed by atoms with Gasteiger partial charge in [-0.3, -0.25) is 4.31 Å². The van der Waals surface area contributed by atoms with Crippen LogP contribution in [0.3, 0.4) is 0 Å². The topological polar surface area (TPSA) is 86.9 Å². The van der Waals surface area contributed by atoms with E-state index in [0.717, 1.165) is 10.6 Å². The Kier molecular flexibility index (Phi) is 2.67. The lowest BCUT2D eigenvalue weighted by Crippen LogP contribution is -2.26. The van der Waals surface area contributed by atoms with Gasteiger partial charge in [-0.25, -0.2) is 18.4 Å². The second-order valence-corrected chi connectivity index (χ2v) is 4.62. The maximum absolute atomic E-state index is 11.2. The third-order valence-corrected chi connectivity index (χ3v) is 2.78. The first kappa shape index (κ1) is 10.4. The van der Waals surface area contributed by atoms with E-state index >= 15 is 0 Å². The summed E-state index contributed by atoms with van der Waals surface area (Å²) in [5.74, 6) is 0.0880. The second kappa shape index (κ2) is 3.59. The van der Waals surface area contributed by atoms with Crippen molar-refractivity contribution < 1.29 is 8.42 Å². The fourth-order valence-corrected chi connectivity index (χ4v) is 1.27. The molecular weight excluding hydrogens is 204 g/mol. The highest BCUT2D eigenvalue weighted by Gasteiger charge is 2.16. The molecular formula is C7H8N4O2S. The first-order chi connectivity index (χ1) is 6.46. The molecule has 1 rings (SSSR count).